The first kappa shape index (κ1) is 16.5. The summed E-state index contributed by atoms with van der Waals surface area (Å²) >= 11 is 5.66. The fraction of sp³-hybridized carbons (Fsp3) is 0.765. The summed E-state index contributed by atoms with van der Waals surface area (Å²) in [7, 11) is 0. The predicted molar refractivity (Wildman–Crippen MR) is 93.5 cm³/mol. The lowest BCUT2D eigenvalue weighted by molar-refractivity contribution is 0.159. The van der Waals surface area contributed by atoms with E-state index < -0.39 is 0 Å². The number of thiophene rings is 1. The van der Waals surface area contributed by atoms with Crippen LogP contribution in [0.25, 0.3) is 0 Å². The van der Waals surface area contributed by atoms with Gasteiger partial charge in [-0.3, -0.25) is 0 Å². The molecule has 1 fully saturated rings. The van der Waals surface area contributed by atoms with Gasteiger partial charge in [0.25, 0.3) is 0 Å². The van der Waals surface area contributed by atoms with Gasteiger partial charge in [0.2, 0.25) is 0 Å². The molecule has 0 bridgehead atoms. The molecule has 1 aromatic rings. The van der Waals surface area contributed by atoms with Gasteiger partial charge in [-0.15, -0.1) is 11.3 Å². The molecule has 20 heavy (non-hydrogen) atoms. The van der Waals surface area contributed by atoms with Gasteiger partial charge in [-0.1, -0.05) is 33.6 Å². The van der Waals surface area contributed by atoms with Crippen LogP contribution in [0.4, 0.5) is 0 Å². The second-order valence-electron chi connectivity index (χ2n) is 6.71. The Morgan fingerprint density at radius 1 is 1.35 bits per heavy atom. The Labute approximate surface area is 136 Å². The third-order valence-corrected chi connectivity index (χ3v) is 6.80. The van der Waals surface area contributed by atoms with Gasteiger partial charge < -0.3 is 5.32 Å². The Morgan fingerprint density at radius 2 is 2.00 bits per heavy atom. The minimum Gasteiger partial charge on any atom is -0.309 e. The number of nitrogens with one attached hydrogen (secondary N) is 1. The lowest BCUT2D eigenvalue weighted by atomic mass is 9.72. The van der Waals surface area contributed by atoms with Gasteiger partial charge in [0.1, 0.15) is 0 Å². The average molecular weight is 358 g/mol. The first-order valence-electron chi connectivity index (χ1n) is 7.97. The molecule has 2 rings (SSSR count). The summed E-state index contributed by atoms with van der Waals surface area (Å²) in [6.07, 6.45) is 6.92. The van der Waals surface area contributed by atoms with Gasteiger partial charge in [0, 0.05) is 20.3 Å². The second kappa shape index (κ2) is 6.93. The fourth-order valence-corrected chi connectivity index (χ4v) is 5.73. The molecular formula is C17H28BrNS. The van der Waals surface area contributed by atoms with Gasteiger partial charge >= 0.3 is 0 Å². The van der Waals surface area contributed by atoms with Crippen LogP contribution in [0, 0.1) is 18.3 Å². The minimum absolute atomic E-state index is 0.473. The zero-order valence-corrected chi connectivity index (χ0v) is 15.7. The molecule has 1 saturated carbocycles. The summed E-state index contributed by atoms with van der Waals surface area (Å²) in [4.78, 5) is 2.93. The highest BCUT2D eigenvalue weighted by molar-refractivity contribution is 9.10. The molecule has 0 spiro atoms. The molecule has 1 heterocycles. The molecule has 0 saturated heterocycles. The maximum absolute atomic E-state index is 3.82. The fourth-order valence-electron chi connectivity index (χ4n) is 3.95. The van der Waals surface area contributed by atoms with Crippen molar-refractivity contribution in [2.45, 2.75) is 65.8 Å². The van der Waals surface area contributed by atoms with E-state index in [0.29, 0.717) is 11.5 Å². The topological polar surface area (TPSA) is 12.0 Å². The summed E-state index contributed by atoms with van der Waals surface area (Å²) in [5.74, 6) is 0.777. The number of halogens is 1. The molecule has 3 heteroatoms. The highest BCUT2D eigenvalue weighted by Gasteiger charge is 2.42. The maximum atomic E-state index is 3.82. The molecule has 0 aliphatic heterocycles. The normalized spacial score (nSPS) is 19.7. The van der Waals surface area contributed by atoms with E-state index in [1.54, 1.807) is 0 Å². The van der Waals surface area contributed by atoms with Gasteiger partial charge in [-0.25, -0.2) is 0 Å². The van der Waals surface area contributed by atoms with E-state index >= 15 is 0 Å². The predicted octanol–water partition coefficient (Wildman–Crippen LogP) is 6.08. The van der Waals surface area contributed by atoms with Crippen LogP contribution in [-0.4, -0.2) is 6.54 Å². The maximum Gasteiger partial charge on any atom is 0.0472 e. The van der Waals surface area contributed by atoms with Gasteiger partial charge in [-0.05, 0) is 66.1 Å². The van der Waals surface area contributed by atoms with Crippen LogP contribution in [0.3, 0.4) is 0 Å². The average Bonchev–Trinajstić information content (AvgIpc) is 2.95. The van der Waals surface area contributed by atoms with Crippen molar-refractivity contribution in [3.63, 3.8) is 0 Å². The van der Waals surface area contributed by atoms with Crippen LogP contribution in [0.5, 0.6) is 0 Å². The van der Waals surface area contributed by atoms with E-state index in [9.17, 15) is 0 Å². The van der Waals surface area contributed by atoms with Crippen molar-refractivity contribution in [2.24, 2.45) is 11.3 Å². The number of aryl methyl sites for hydroxylation is 1. The third-order valence-electron chi connectivity index (χ3n) is 4.60. The lowest BCUT2D eigenvalue weighted by Crippen LogP contribution is -2.37. The van der Waals surface area contributed by atoms with Crippen molar-refractivity contribution in [3.8, 4) is 0 Å². The van der Waals surface area contributed by atoms with E-state index in [0.717, 1.165) is 12.5 Å². The first-order chi connectivity index (χ1) is 9.48. The zero-order valence-electron chi connectivity index (χ0n) is 13.3. The summed E-state index contributed by atoms with van der Waals surface area (Å²) < 4.78 is 1.28. The highest BCUT2D eigenvalue weighted by atomic mass is 79.9. The number of hydrogen-bond acceptors (Lipinski definition) is 2. The standard InChI is InChI=1S/C17H28BrNS/c1-5-19-16(15-10-14(18)13(4)20-15)17(11-12(2)3)8-6-7-9-17/h10,12,16,19H,5-9,11H2,1-4H3. The van der Waals surface area contributed by atoms with Gasteiger partial charge in [-0.2, -0.15) is 0 Å². The molecule has 0 radical (unpaired) electrons. The molecule has 1 atom stereocenters. The summed E-state index contributed by atoms with van der Waals surface area (Å²) in [5, 5.41) is 3.82. The molecule has 1 N–H and O–H groups in total. The van der Waals surface area contributed by atoms with Crippen molar-refractivity contribution >= 4 is 27.3 Å². The SMILES string of the molecule is CCNC(c1cc(Br)c(C)s1)C1(CC(C)C)CCCC1. The van der Waals surface area contributed by atoms with E-state index in [4.69, 9.17) is 0 Å². The van der Waals surface area contributed by atoms with Crippen LogP contribution in [0.1, 0.15) is 68.7 Å². The van der Waals surface area contributed by atoms with Crippen LogP contribution in [0.2, 0.25) is 0 Å². The quantitative estimate of drug-likeness (QED) is 0.650. The molecule has 114 valence electrons. The molecule has 1 unspecified atom stereocenters. The van der Waals surface area contributed by atoms with E-state index in [2.05, 4.69) is 55.0 Å². The van der Waals surface area contributed by atoms with Crippen molar-refractivity contribution in [2.75, 3.05) is 6.54 Å². The third kappa shape index (κ3) is 3.48. The summed E-state index contributed by atoms with van der Waals surface area (Å²) in [5.41, 5.74) is 0.473. The molecule has 1 aromatic heterocycles. The van der Waals surface area contributed by atoms with E-state index in [1.807, 2.05) is 11.3 Å². The van der Waals surface area contributed by atoms with Crippen molar-refractivity contribution in [1.82, 2.24) is 5.32 Å². The minimum atomic E-state index is 0.473. The largest absolute Gasteiger partial charge is 0.309 e. The molecular weight excluding hydrogens is 330 g/mol. The van der Waals surface area contributed by atoms with Crippen LogP contribution >= 0.6 is 27.3 Å². The Kier molecular flexibility index (Phi) is 5.72. The zero-order chi connectivity index (χ0) is 14.8. The second-order valence-corrected chi connectivity index (χ2v) is 8.85. The Balaban J connectivity index is 2.33. The lowest BCUT2D eigenvalue weighted by Gasteiger charge is -2.39. The highest BCUT2D eigenvalue weighted by Crippen LogP contribution is 2.53. The van der Waals surface area contributed by atoms with Crippen LogP contribution in [0.15, 0.2) is 10.5 Å². The molecule has 0 aromatic carbocycles. The summed E-state index contributed by atoms with van der Waals surface area (Å²) in [6.45, 7) is 10.3. The Hall–Kier alpha value is 0.140. The number of hydrogen-bond donors (Lipinski definition) is 1. The number of rotatable bonds is 6. The summed E-state index contributed by atoms with van der Waals surface area (Å²) in [6, 6.07) is 2.89. The monoisotopic (exact) mass is 357 g/mol. The van der Waals surface area contributed by atoms with Gasteiger partial charge in [0.15, 0.2) is 0 Å². The van der Waals surface area contributed by atoms with Crippen molar-refractivity contribution < 1.29 is 0 Å². The first-order valence-corrected chi connectivity index (χ1v) is 9.58. The van der Waals surface area contributed by atoms with E-state index in [1.165, 1.54) is 46.3 Å². The smallest absolute Gasteiger partial charge is 0.0472 e. The molecule has 1 aliphatic rings. The molecule has 1 aliphatic carbocycles. The molecule has 1 nitrogen and oxygen atoms in total. The van der Waals surface area contributed by atoms with Crippen LogP contribution < -0.4 is 5.32 Å². The van der Waals surface area contributed by atoms with Crippen molar-refractivity contribution in [3.05, 3.63) is 20.3 Å². The van der Waals surface area contributed by atoms with Gasteiger partial charge in [0.05, 0.1) is 0 Å². The van der Waals surface area contributed by atoms with E-state index in [-0.39, 0.29) is 0 Å². The molecule has 0 amide bonds. The Morgan fingerprint density at radius 3 is 2.45 bits per heavy atom. The van der Waals surface area contributed by atoms with Crippen LogP contribution in [-0.2, 0) is 0 Å². The Bertz CT molecular complexity index is 413. The van der Waals surface area contributed by atoms with Crippen molar-refractivity contribution in [1.29, 1.82) is 0 Å².